The van der Waals surface area contributed by atoms with E-state index in [1.807, 2.05) is 12.1 Å². The molecule has 0 radical (unpaired) electrons. The minimum atomic E-state index is -5.76. The molecule has 0 aromatic heterocycles. The van der Waals surface area contributed by atoms with Gasteiger partial charge in [0, 0.05) is 0 Å². The van der Waals surface area contributed by atoms with Crippen molar-refractivity contribution in [2.45, 2.75) is 12.8 Å². The molecule has 2 N–H and O–H groups in total. The molecular weight excluding hydrogens is 340 g/mol. The first-order valence-electron chi connectivity index (χ1n) is 5.04. The van der Waals surface area contributed by atoms with Crippen LogP contribution in [0.25, 0.3) is 0 Å². The summed E-state index contributed by atoms with van der Waals surface area (Å²) in [5.74, 6) is 1.08. The second-order valence-electron chi connectivity index (χ2n) is 3.48. The molecule has 8 nitrogen and oxygen atoms in total. The molecule has 0 amide bonds. The summed E-state index contributed by atoms with van der Waals surface area (Å²) in [5.41, 5.74) is 1.36. The van der Waals surface area contributed by atoms with E-state index >= 15 is 0 Å². The Labute approximate surface area is 113 Å². The summed E-state index contributed by atoms with van der Waals surface area (Å²) in [6.07, 6.45) is 2.34. The van der Waals surface area contributed by atoms with Crippen LogP contribution in [0.15, 0.2) is 24.3 Å². The maximum Gasteiger partial charge on any atom is 0.122 e. The van der Waals surface area contributed by atoms with Gasteiger partial charge in [-0.3, -0.25) is 0 Å². The normalized spacial score (nSPS) is 14.6. The summed E-state index contributed by atoms with van der Waals surface area (Å²) in [6, 6.07) is 8.25. The van der Waals surface area contributed by atoms with Gasteiger partial charge in [0.2, 0.25) is 0 Å². The Hall–Kier alpha value is -0.835. The third-order valence-electron chi connectivity index (χ3n) is 1.99. The van der Waals surface area contributed by atoms with Crippen LogP contribution in [0.3, 0.4) is 0 Å². The van der Waals surface area contributed by atoms with Crippen molar-refractivity contribution in [3.63, 3.8) is 0 Å². The van der Waals surface area contributed by atoms with Gasteiger partial charge in [-0.05, 0) is 24.5 Å². The Bertz CT molecular complexity index is 564. The molecule has 2 rings (SSSR count). The Morgan fingerprint density at radius 1 is 1.05 bits per heavy atom. The fraction of sp³-hybridized carbons (Fsp3) is 0.333. The van der Waals surface area contributed by atoms with Gasteiger partial charge in [0.1, 0.15) is 5.75 Å². The predicted octanol–water partition coefficient (Wildman–Crippen LogP) is 0.349. The molecule has 1 aromatic rings. The zero-order valence-electron chi connectivity index (χ0n) is 9.59. The summed E-state index contributed by atoms with van der Waals surface area (Å²) < 4.78 is 61.7. The second-order valence-corrected chi connectivity index (χ2v) is 7.24. The zero-order valence-corrected chi connectivity index (χ0v) is 12.1. The quantitative estimate of drug-likeness (QED) is 0.780. The standard InChI is InChI=1S/C9H10O.2Cr.2H2O.5O/c1-2-6-9-8(4-1)5-3-7-10-9;;;;;;;;;/h1-2,4,6H,3,5,7H2;;;2*1H2;;;;;/q;2*+1;;;;;;;/p-2. The van der Waals surface area contributed by atoms with Crippen molar-refractivity contribution < 1.29 is 58.3 Å². The van der Waals surface area contributed by atoms with Crippen LogP contribution in [0.4, 0.5) is 0 Å². The van der Waals surface area contributed by atoms with Crippen LogP contribution < -0.4 is 4.74 Å². The topological polar surface area (TPSA) is 127 Å². The van der Waals surface area contributed by atoms with Gasteiger partial charge in [0.15, 0.2) is 0 Å². The van der Waals surface area contributed by atoms with Gasteiger partial charge in [-0.2, -0.15) is 0 Å². The number of rotatable bonds is 2. The van der Waals surface area contributed by atoms with Crippen LogP contribution in [0, 0.1) is 0 Å². The van der Waals surface area contributed by atoms with Gasteiger partial charge >= 0.3 is 53.6 Å². The molecule has 0 fully saturated rings. The molecule has 0 atom stereocenters. The van der Waals surface area contributed by atoms with Crippen LogP contribution in [0.5, 0.6) is 5.75 Å². The minimum Gasteiger partial charge on any atom is -0.493 e. The van der Waals surface area contributed by atoms with Gasteiger partial charge in [-0.25, -0.2) is 0 Å². The van der Waals surface area contributed by atoms with E-state index in [0.717, 1.165) is 18.8 Å². The van der Waals surface area contributed by atoms with Crippen LogP contribution >= 0.6 is 0 Å². The van der Waals surface area contributed by atoms with Crippen molar-refractivity contribution in [1.29, 1.82) is 0 Å². The average molecular weight is 352 g/mol. The average Bonchev–Trinajstić information content (AvgIpc) is 2.25. The third kappa shape index (κ3) is 7.36. The van der Waals surface area contributed by atoms with Crippen molar-refractivity contribution >= 4 is 0 Å². The predicted molar refractivity (Wildman–Crippen MR) is 48.5 cm³/mol. The molecule has 0 bridgehead atoms. The summed E-state index contributed by atoms with van der Waals surface area (Å²) in [6.45, 7) is 0.886. The summed E-state index contributed by atoms with van der Waals surface area (Å²) in [7, 11) is 0. The smallest absolute Gasteiger partial charge is 0.122 e. The minimum absolute atomic E-state index is 0.886. The molecule has 1 heterocycles. The molecule has 1 aromatic carbocycles. The largest absolute Gasteiger partial charge is 0.493 e. The van der Waals surface area contributed by atoms with Crippen LogP contribution in [0.2, 0.25) is 0 Å². The fourth-order valence-corrected chi connectivity index (χ4v) is 3.14. The van der Waals surface area contributed by atoms with Gasteiger partial charge < -0.3 is 4.74 Å². The number of benzene rings is 1. The Kier molecular flexibility index (Phi) is 5.59. The first kappa shape index (κ1) is 16.2. The molecule has 0 saturated heterocycles. The Balaban J connectivity index is 0.000000192. The van der Waals surface area contributed by atoms with E-state index < -0.39 is 27.2 Å². The Morgan fingerprint density at radius 2 is 1.63 bits per heavy atom. The van der Waals surface area contributed by atoms with Crippen molar-refractivity contribution in [3.8, 4) is 5.75 Å². The van der Waals surface area contributed by atoms with E-state index in [1.165, 1.54) is 12.0 Å². The van der Waals surface area contributed by atoms with E-state index in [2.05, 4.69) is 15.0 Å². The van der Waals surface area contributed by atoms with Gasteiger partial charge in [0.25, 0.3) is 0 Å². The first-order valence-corrected chi connectivity index (χ1v) is 9.30. The maximum absolute atomic E-state index is 9.53. The van der Waals surface area contributed by atoms with Gasteiger partial charge in [-0.1, -0.05) is 18.2 Å². The van der Waals surface area contributed by atoms with Gasteiger partial charge in [-0.15, -0.1) is 0 Å². The SMILES string of the molecule is [O]=[Cr](=[O])([OH])[O][Cr](=[O])(=[O])[OH].c1ccc2c(c1)CCCO2. The summed E-state index contributed by atoms with van der Waals surface area (Å²) in [4.78, 5) is 0. The van der Waals surface area contributed by atoms with Crippen molar-refractivity contribution in [2.24, 2.45) is 0 Å². The fourth-order valence-electron chi connectivity index (χ4n) is 1.40. The molecule has 0 aliphatic carbocycles. The molecule has 0 unspecified atom stereocenters. The Morgan fingerprint density at radius 3 is 2.11 bits per heavy atom. The van der Waals surface area contributed by atoms with Crippen LogP contribution in [-0.4, -0.2) is 14.9 Å². The molecule has 10 heteroatoms. The second kappa shape index (κ2) is 6.55. The number of para-hydroxylation sites is 1. The van der Waals surface area contributed by atoms with E-state index in [0.29, 0.717) is 0 Å². The molecule has 0 spiro atoms. The van der Waals surface area contributed by atoms with Crippen molar-refractivity contribution in [1.82, 2.24) is 0 Å². The number of ether oxygens (including phenoxy) is 1. The van der Waals surface area contributed by atoms with Gasteiger partial charge in [0.05, 0.1) is 6.61 Å². The first-order chi connectivity index (χ1) is 8.67. The summed E-state index contributed by atoms with van der Waals surface area (Å²) >= 11 is -11.5. The van der Waals surface area contributed by atoms with Crippen LogP contribution in [0.1, 0.15) is 12.0 Å². The molecule has 19 heavy (non-hydrogen) atoms. The number of hydrogen-bond acceptors (Lipinski definition) is 6. The number of aryl methyl sites for hydroxylation is 1. The van der Waals surface area contributed by atoms with Crippen molar-refractivity contribution in [2.75, 3.05) is 6.61 Å². The molecular formula is C9H12Cr2O8. The molecule has 1 aliphatic rings. The monoisotopic (exact) mass is 352 g/mol. The molecule has 108 valence electrons. The molecule has 0 saturated carbocycles. The van der Waals surface area contributed by atoms with E-state index in [4.69, 9.17) is 13.1 Å². The zero-order chi connectivity index (χ0) is 14.5. The van der Waals surface area contributed by atoms with E-state index in [-0.39, 0.29) is 0 Å². The van der Waals surface area contributed by atoms with E-state index in [1.54, 1.807) is 0 Å². The van der Waals surface area contributed by atoms with Crippen molar-refractivity contribution in [3.05, 3.63) is 29.8 Å². The summed E-state index contributed by atoms with van der Waals surface area (Å²) in [5, 5.41) is 0. The maximum atomic E-state index is 9.53. The van der Waals surface area contributed by atoms with E-state index in [9.17, 15) is 15.2 Å². The molecule has 1 aliphatic heterocycles. The number of hydrogen-bond donors (Lipinski definition) is 2. The van der Waals surface area contributed by atoms with Crippen LogP contribution in [-0.2, 0) is 51.7 Å². The third-order valence-corrected chi connectivity index (χ3v) is 4.74. The number of fused-ring (bicyclic) bond motifs is 1.